The number of carbonyl (C=O) groups excluding carboxylic acids is 1. The predicted molar refractivity (Wildman–Crippen MR) is 103 cm³/mol. The Morgan fingerprint density at radius 2 is 1.80 bits per heavy atom. The molecule has 4 rings (SSSR count). The van der Waals surface area contributed by atoms with E-state index in [2.05, 4.69) is 19.9 Å². The molecule has 3 heterocycles. The van der Waals surface area contributed by atoms with Crippen LogP contribution in [-0.2, 0) is 17.4 Å². The fourth-order valence-electron chi connectivity index (χ4n) is 3.37. The lowest BCUT2D eigenvalue weighted by Gasteiger charge is -2.35. The van der Waals surface area contributed by atoms with E-state index in [9.17, 15) is 18.0 Å². The molecule has 10 heteroatoms. The van der Waals surface area contributed by atoms with E-state index in [0.717, 1.165) is 18.0 Å². The molecule has 3 aromatic rings. The summed E-state index contributed by atoms with van der Waals surface area (Å²) in [6.45, 7) is 2.10. The number of aromatic nitrogens is 4. The van der Waals surface area contributed by atoms with Crippen molar-refractivity contribution in [1.29, 1.82) is 0 Å². The van der Waals surface area contributed by atoms with Crippen LogP contribution in [0.15, 0.2) is 55.4 Å². The van der Waals surface area contributed by atoms with Crippen molar-refractivity contribution in [1.82, 2.24) is 24.4 Å². The van der Waals surface area contributed by atoms with Crippen molar-refractivity contribution in [2.45, 2.75) is 12.6 Å². The number of hydrogen-bond donors (Lipinski definition) is 0. The number of halogens is 3. The first-order valence-electron chi connectivity index (χ1n) is 9.39. The zero-order valence-corrected chi connectivity index (χ0v) is 16.0. The lowest BCUT2D eigenvalue weighted by Crippen LogP contribution is -2.49. The van der Waals surface area contributed by atoms with Gasteiger partial charge in [0.15, 0.2) is 0 Å². The Morgan fingerprint density at radius 1 is 1.03 bits per heavy atom. The molecular formula is C20H19F3N6O. The number of alkyl halides is 3. The summed E-state index contributed by atoms with van der Waals surface area (Å²) in [6.07, 6.45) is 2.11. The fourth-order valence-corrected chi connectivity index (χ4v) is 3.37. The van der Waals surface area contributed by atoms with Crippen LogP contribution in [0.25, 0.3) is 5.82 Å². The van der Waals surface area contributed by atoms with Gasteiger partial charge in [-0.2, -0.15) is 13.2 Å². The topological polar surface area (TPSA) is 67.2 Å². The molecule has 1 fully saturated rings. The average Bonchev–Trinajstić information content (AvgIpc) is 3.29. The molecule has 1 aromatic carbocycles. The van der Waals surface area contributed by atoms with Gasteiger partial charge in [0.25, 0.3) is 0 Å². The standard InChI is InChI=1S/C20H19F3N6O/c21-20(22,23)16-3-1-2-15(10-16)11-19(30)28-8-6-27(7-9-28)17-12-18(26-13-25-17)29-5-4-24-14-29/h1-5,10,12-14H,6-9,11H2. The summed E-state index contributed by atoms with van der Waals surface area (Å²) >= 11 is 0. The molecule has 0 saturated carbocycles. The van der Waals surface area contributed by atoms with Gasteiger partial charge in [0.05, 0.1) is 12.0 Å². The monoisotopic (exact) mass is 416 g/mol. The van der Waals surface area contributed by atoms with E-state index in [1.165, 1.54) is 12.4 Å². The lowest BCUT2D eigenvalue weighted by molar-refractivity contribution is -0.138. The maximum Gasteiger partial charge on any atom is 0.416 e. The fraction of sp³-hybridized carbons (Fsp3) is 0.300. The second-order valence-corrected chi connectivity index (χ2v) is 6.95. The smallest absolute Gasteiger partial charge is 0.353 e. The minimum absolute atomic E-state index is 0.0534. The Balaban J connectivity index is 1.37. The van der Waals surface area contributed by atoms with Crippen molar-refractivity contribution in [2.75, 3.05) is 31.1 Å². The van der Waals surface area contributed by atoms with E-state index in [1.54, 1.807) is 34.3 Å². The van der Waals surface area contributed by atoms with Gasteiger partial charge in [-0.3, -0.25) is 9.36 Å². The summed E-state index contributed by atoms with van der Waals surface area (Å²) in [5.74, 6) is 1.26. The quantitative estimate of drug-likeness (QED) is 0.654. The number of carbonyl (C=O) groups is 1. The third-order valence-electron chi connectivity index (χ3n) is 4.97. The second kappa shape index (κ2) is 8.13. The van der Waals surface area contributed by atoms with E-state index < -0.39 is 11.7 Å². The highest BCUT2D eigenvalue weighted by Crippen LogP contribution is 2.29. The maximum absolute atomic E-state index is 12.9. The molecule has 1 aliphatic rings. The van der Waals surface area contributed by atoms with Crippen LogP contribution in [0.5, 0.6) is 0 Å². The Bertz CT molecular complexity index is 1010. The zero-order valence-electron chi connectivity index (χ0n) is 16.0. The van der Waals surface area contributed by atoms with Gasteiger partial charge in [-0.15, -0.1) is 0 Å². The molecule has 0 aliphatic carbocycles. The van der Waals surface area contributed by atoms with Gasteiger partial charge in [0.1, 0.15) is 24.3 Å². The average molecular weight is 416 g/mol. The molecule has 0 atom stereocenters. The third-order valence-corrected chi connectivity index (χ3v) is 4.97. The first-order valence-corrected chi connectivity index (χ1v) is 9.39. The molecule has 1 amide bonds. The number of rotatable bonds is 4. The number of anilines is 1. The lowest BCUT2D eigenvalue weighted by atomic mass is 10.1. The molecule has 0 spiro atoms. The Morgan fingerprint density at radius 3 is 2.50 bits per heavy atom. The van der Waals surface area contributed by atoms with Crippen LogP contribution < -0.4 is 4.90 Å². The summed E-state index contributed by atoms with van der Waals surface area (Å²) in [7, 11) is 0. The molecule has 1 saturated heterocycles. The third kappa shape index (κ3) is 4.42. The van der Waals surface area contributed by atoms with Crippen LogP contribution in [-0.4, -0.2) is 56.5 Å². The molecule has 30 heavy (non-hydrogen) atoms. The van der Waals surface area contributed by atoms with Gasteiger partial charge in [-0.1, -0.05) is 18.2 Å². The van der Waals surface area contributed by atoms with Crippen LogP contribution in [0, 0.1) is 0 Å². The molecule has 0 radical (unpaired) electrons. The van der Waals surface area contributed by atoms with E-state index in [0.29, 0.717) is 37.6 Å². The zero-order chi connectivity index (χ0) is 21.1. The van der Waals surface area contributed by atoms with Crippen molar-refractivity contribution < 1.29 is 18.0 Å². The Hall–Kier alpha value is -3.43. The minimum atomic E-state index is -4.42. The highest BCUT2D eigenvalue weighted by molar-refractivity contribution is 5.79. The highest BCUT2D eigenvalue weighted by Gasteiger charge is 2.30. The first kappa shape index (κ1) is 19.9. The second-order valence-electron chi connectivity index (χ2n) is 6.95. The minimum Gasteiger partial charge on any atom is -0.353 e. The Labute approximate surface area is 170 Å². The van der Waals surface area contributed by atoms with Gasteiger partial charge in [-0.05, 0) is 11.6 Å². The van der Waals surface area contributed by atoms with Crippen molar-refractivity contribution in [3.8, 4) is 5.82 Å². The maximum atomic E-state index is 12.9. The van der Waals surface area contributed by atoms with Crippen LogP contribution in [0.3, 0.4) is 0 Å². The summed E-state index contributed by atoms with van der Waals surface area (Å²) in [5.41, 5.74) is -0.381. The SMILES string of the molecule is O=C(Cc1cccc(C(F)(F)F)c1)N1CCN(c2cc(-n3ccnc3)ncn2)CC1. The highest BCUT2D eigenvalue weighted by atomic mass is 19.4. The molecule has 0 bridgehead atoms. The van der Waals surface area contributed by atoms with E-state index in [4.69, 9.17) is 0 Å². The van der Waals surface area contributed by atoms with Crippen molar-refractivity contribution >= 4 is 11.7 Å². The van der Waals surface area contributed by atoms with E-state index in [-0.39, 0.29) is 12.3 Å². The predicted octanol–water partition coefficient (Wildman–Crippen LogP) is 2.57. The summed E-state index contributed by atoms with van der Waals surface area (Å²) in [6, 6.07) is 6.76. The first-order chi connectivity index (χ1) is 14.4. The molecular weight excluding hydrogens is 397 g/mol. The molecule has 0 unspecified atom stereocenters. The van der Waals surface area contributed by atoms with Gasteiger partial charge >= 0.3 is 6.18 Å². The van der Waals surface area contributed by atoms with Crippen LogP contribution >= 0.6 is 0 Å². The van der Waals surface area contributed by atoms with Gasteiger partial charge in [-0.25, -0.2) is 15.0 Å². The summed E-state index contributed by atoms with van der Waals surface area (Å²) < 4.78 is 40.4. The molecule has 0 N–H and O–H groups in total. The number of benzene rings is 1. The number of piperazine rings is 1. The normalized spacial score (nSPS) is 14.8. The van der Waals surface area contributed by atoms with Crippen LogP contribution in [0.1, 0.15) is 11.1 Å². The van der Waals surface area contributed by atoms with Gasteiger partial charge in [0.2, 0.25) is 5.91 Å². The summed E-state index contributed by atoms with van der Waals surface area (Å²) in [5, 5.41) is 0. The molecule has 1 aliphatic heterocycles. The van der Waals surface area contributed by atoms with Crippen LogP contribution in [0.2, 0.25) is 0 Å². The molecule has 156 valence electrons. The summed E-state index contributed by atoms with van der Waals surface area (Å²) in [4.78, 5) is 28.9. The Kier molecular flexibility index (Phi) is 5.39. The van der Waals surface area contributed by atoms with Crippen molar-refractivity contribution in [3.63, 3.8) is 0 Å². The van der Waals surface area contributed by atoms with Gasteiger partial charge in [0, 0.05) is 44.6 Å². The molecule has 2 aromatic heterocycles. The number of hydrogen-bond acceptors (Lipinski definition) is 5. The number of amides is 1. The van der Waals surface area contributed by atoms with E-state index >= 15 is 0 Å². The van der Waals surface area contributed by atoms with Crippen molar-refractivity contribution in [2.24, 2.45) is 0 Å². The number of imidazole rings is 1. The van der Waals surface area contributed by atoms with Crippen LogP contribution in [0.4, 0.5) is 19.0 Å². The molecule has 7 nitrogen and oxygen atoms in total. The number of nitrogens with zero attached hydrogens (tertiary/aromatic N) is 6. The van der Waals surface area contributed by atoms with Gasteiger partial charge < -0.3 is 9.80 Å². The van der Waals surface area contributed by atoms with Crippen molar-refractivity contribution in [3.05, 3.63) is 66.5 Å². The largest absolute Gasteiger partial charge is 0.416 e. The van der Waals surface area contributed by atoms with E-state index in [1.807, 2.05) is 6.07 Å².